The standard InChI is InChI=1S/C15H18N4O/c1-2-13(11-6-4-3-5-7-11)18-15(20)12-8-9-14(19-16)17-10-12/h3-10,13H,2,16H2,1H3,(H,17,19)(H,18,20). The molecule has 20 heavy (non-hydrogen) atoms. The lowest BCUT2D eigenvalue weighted by molar-refractivity contribution is 0.0935. The van der Waals surface area contributed by atoms with Gasteiger partial charge in [0.05, 0.1) is 11.6 Å². The van der Waals surface area contributed by atoms with Crippen LogP contribution in [0.3, 0.4) is 0 Å². The molecule has 0 aliphatic heterocycles. The van der Waals surface area contributed by atoms with E-state index in [0.29, 0.717) is 11.4 Å². The van der Waals surface area contributed by atoms with Crippen LogP contribution in [0.1, 0.15) is 35.3 Å². The first-order valence-corrected chi connectivity index (χ1v) is 6.53. The summed E-state index contributed by atoms with van der Waals surface area (Å²) >= 11 is 0. The molecule has 1 atom stereocenters. The maximum absolute atomic E-state index is 12.2. The predicted octanol–water partition coefficient (Wildman–Crippen LogP) is 2.25. The molecular weight excluding hydrogens is 252 g/mol. The summed E-state index contributed by atoms with van der Waals surface area (Å²) in [4.78, 5) is 16.2. The van der Waals surface area contributed by atoms with Gasteiger partial charge in [-0.25, -0.2) is 10.8 Å². The number of carbonyl (C=O) groups is 1. The molecule has 0 saturated heterocycles. The van der Waals surface area contributed by atoms with E-state index >= 15 is 0 Å². The summed E-state index contributed by atoms with van der Waals surface area (Å²) in [5.74, 6) is 5.62. The van der Waals surface area contributed by atoms with Crippen LogP contribution in [-0.4, -0.2) is 10.9 Å². The van der Waals surface area contributed by atoms with Crippen LogP contribution in [0.4, 0.5) is 5.82 Å². The molecular formula is C15H18N4O. The third kappa shape index (κ3) is 3.33. The molecule has 1 aromatic heterocycles. The van der Waals surface area contributed by atoms with Gasteiger partial charge in [0.25, 0.3) is 5.91 Å². The fraction of sp³-hybridized carbons (Fsp3) is 0.200. The number of nitrogen functional groups attached to an aromatic ring is 1. The molecule has 1 amide bonds. The number of pyridine rings is 1. The number of carbonyl (C=O) groups excluding carboxylic acids is 1. The third-order valence-corrected chi connectivity index (χ3v) is 3.09. The van der Waals surface area contributed by atoms with Crippen molar-refractivity contribution in [1.82, 2.24) is 10.3 Å². The van der Waals surface area contributed by atoms with Gasteiger partial charge in [0.2, 0.25) is 0 Å². The number of nitrogens with zero attached hydrogens (tertiary/aromatic N) is 1. The quantitative estimate of drug-likeness (QED) is 0.575. The summed E-state index contributed by atoms with van der Waals surface area (Å²) in [6, 6.07) is 13.3. The highest BCUT2D eigenvalue weighted by Crippen LogP contribution is 2.16. The summed E-state index contributed by atoms with van der Waals surface area (Å²) in [6.45, 7) is 2.04. The smallest absolute Gasteiger partial charge is 0.253 e. The van der Waals surface area contributed by atoms with Gasteiger partial charge in [-0.05, 0) is 24.1 Å². The summed E-state index contributed by atoms with van der Waals surface area (Å²) < 4.78 is 0. The van der Waals surface area contributed by atoms with E-state index in [2.05, 4.69) is 15.7 Å². The Hall–Kier alpha value is -2.40. The highest BCUT2D eigenvalue weighted by Gasteiger charge is 2.13. The second-order valence-electron chi connectivity index (χ2n) is 4.42. The first-order chi connectivity index (χ1) is 9.74. The minimum absolute atomic E-state index is 0.00369. The van der Waals surface area contributed by atoms with Crippen molar-refractivity contribution in [1.29, 1.82) is 0 Å². The van der Waals surface area contributed by atoms with Crippen LogP contribution in [0.2, 0.25) is 0 Å². The lowest BCUT2D eigenvalue weighted by Gasteiger charge is -2.17. The van der Waals surface area contributed by atoms with Gasteiger partial charge >= 0.3 is 0 Å². The summed E-state index contributed by atoms with van der Waals surface area (Å²) in [5, 5.41) is 3.01. The van der Waals surface area contributed by atoms with Crippen LogP contribution in [-0.2, 0) is 0 Å². The molecule has 5 nitrogen and oxygen atoms in total. The zero-order valence-corrected chi connectivity index (χ0v) is 11.3. The van der Waals surface area contributed by atoms with Crippen LogP contribution in [0.25, 0.3) is 0 Å². The van der Waals surface area contributed by atoms with Gasteiger partial charge in [-0.15, -0.1) is 0 Å². The Kier molecular flexibility index (Phi) is 4.68. The van der Waals surface area contributed by atoms with E-state index in [1.54, 1.807) is 12.1 Å². The number of hydrogen-bond donors (Lipinski definition) is 3. The SMILES string of the molecule is CCC(NC(=O)c1ccc(NN)nc1)c1ccccc1. The molecule has 4 N–H and O–H groups in total. The van der Waals surface area contributed by atoms with Gasteiger partial charge in [-0.2, -0.15) is 0 Å². The molecule has 104 valence electrons. The van der Waals surface area contributed by atoms with Crippen molar-refractivity contribution in [2.75, 3.05) is 5.43 Å². The van der Waals surface area contributed by atoms with E-state index < -0.39 is 0 Å². The molecule has 1 aromatic carbocycles. The van der Waals surface area contributed by atoms with Crippen molar-refractivity contribution in [2.45, 2.75) is 19.4 Å². The van der Waals surface area contributed by atoms with Crippen molar-refractivity contribution in [3.8, 4) is 0 Å². The van der Waals surface area contributed by atoms with Crippen molar-refractivity contribution in [3.05, 3.63) is 59.8 Å². The molecule has 2 aromatic rings. The molecule has 0 aliphatic rings. The largest absolute Gasteiger partial charge is 0.345 e. The highest BCUT2D eigenvalue weighted by molar-refractivity contribution is 5.94. The van der Waals surface area contributed by atoms with Crippen LogP contribution < -0.4 is 16.6 Å². The summed E-state index contributed by atoms with van der Waals surface area (Å²) in [7, 11) is 0. The molecule has 0 bridgehead atoms. The van der Waals surface area contributed by atoms with E-state index in [-0.39, 0.29) is 11.9 Å². The molecule has 5 heteroatoms. The normalized spacial score (nSPS) is 11.7. The van der Waals surface area contributed by atoms with E-state index in [0.717, 1.165) is 12.0 Å². The lowest BCUT2D eigenvalue weighted by atomic mass is 10.0. The van der Waals surface area contributed by atoms with E-state index in [1.807, 2.05) is 37.3 Å². The topological polar surface area (TPSA) is 80.0 Å². The first kappa shape index (κ1) is 14.0. The Labute approximate surface area is 118 Å². The molecule has 2 rings (SSSR count). The van der Waals surface area contributed by atoms with Crippen LogP contribution >= 0.6 is 0 Å². The molecule has 0 saturated carbocycles. The molecule has 0 fully saturated rings. The first-order valence-electron chi connectivity index (χ1n) is 6.53. The van der Waals surface area contributed by atoms with Gasteiger partial charge in [0, 0.05) is 6.20 Å². The number of hydrogen-bond acceptors (Lipinski definition) is 4. The monoisotopic (exact) mass is 270 g/mol. The van der Waals surface area contributed by atoms with Crippen molar-refractivity contribution >= 4 is 11.7 Å². The van der Waals surface area contributed by atoms with Gasteiger partial charge in [-0.3, -0.25) is 4.79 Å². The number of aromatic nitrogens is 1. The zero-order valence-electron chi connectivity index (χ0n) is 11.3. The van der Waals surface area contributed by atoms with Crippen molar-refractivity contribution in [3.63, 3.8) is 0 Å². The molecule has 0 spiro atoms. The number of rotatable bonds is 5. The highest BCUT2D eigenvalue weighted by atomic mass is 16.1. The second kappa shape index (κ2) is 6.68. The molecule has 1 unspecified atom stereocenters. The minimum atomic E-state index is -0.142. The number of amides is 1. The van der Waals surface area contributed by atoms with Gasteiger partial charge < -0.3 is 10.7 Å². The number of benzene rings is 1. The molecule has 1 heterocycles. The van der Waals surface area contributed by atoms with Crippen molar-refractivity contribution in [2.24, 2.45) is 5.84 Å². The van der Waals surface area contributed by atoms with Crippen molar-refractivity contribution < 1.29 is 4.79 Å². The predicted molar refractivity (Wildman–Crippen MR) is 79.0 cm³/mol. The van der Waals surface area contributed by atoms with E-state index in [4.69, 9.17) is 5.84 Å². The van der Waals surface area contributed by atoms with Crippen LogP contribution in [0, 0.1) is 0 Å². The molecule has 0 aliphatic carbocycles. The van der Waals surface area contributed by atoms with E-state index in [9.17, 15) is 4.79 Å². The van der Waals surface area contributed by atoms with Gasteiger partial charge in [-0.1, -0.05) is 37.3 Å². The van der Waals surface area contributed by atoms with E-state index in [1.165, 1.54) is 6.20 Å². The number of nitrogens with one attached hydrogen (secondary N) is 2. The van der Waals surface area contributed by atoms with Crippen LogP contribution in [0.15, 0.2) is 48.7 Å². The van der Waals surface area contributed by atoms with Crippen LogP contribution in [0.5, 0.6) is 0 Å². The average molecular weight is 270 g/mol. The maximum atomic E-state index is 12.2. The maximum Gasteiger partial charge on any atom is 0.253 e. The number of nitrogens with two attached hydrogens (primary N) is 1. The number of hydrazine groups is 1. The summed E-state index contributed by atoms with van der Waals surface area (Å²) in [5.41, 5.74) is 4.03. The number of anilines is 1. The average Bonchev–Trinajstić information content (AvgIpc) is 2.53. The lowest BCUT2D eigenvalue weighted by Crippen LogP contribution is -2.28. The van der Waals surface area contributed by atoms with Gasteiger partial charge in [0.1, 0.15) is 5.82 Å². The Morgan fingerprint density at radius 2 is 2.00 bits per heavy atom. The fourth-order valence-corrected chi connectivity index (χ4v) is 1.96. The minimum Gasteiger partial charge on any atom is -0.345 e. The Bertz CT molecular complexity index is 554. The Morgan fingerprint density at radius 3 is 2.55 bits per heavy atom. The zero-order chi connectivity index (χ0) is 14.4. The summed E-state index contributed by atoms with van der Waals surface area (Å²) in [6.07, 6.45) is 2.33. The Balaban J connectivity index is 2.09. The molecule has 0 radical (unpaired) electrons. The fourth-order valence-electron chi connectivity index (χ4n) is 1.96. The second-order valence-corrected chi connectivity index (χ2v) is 4.42. The van der Waals surface area contributed by atoms with Gasteiger partial charge in [0.15, 0.2) is 0 Å². The Morgan fingerprint density at radius 1 is 1.25 bits per heavy atom. The third-order valence-electron chi connectivity index (χ3n) is 3.09.